The maximum atomic E-state index is 11.4. The topological polar surface area (TPSA) is 26.3 Å². The van der Waals surface area contributed by atoms with Gasteiger partial charge >= 0.3 is 5.97 Å². The van der Waals surface area contributed by atoms with Crippen molar-refractivity contribution >= 4 is 49.2 Å². The van der Waals surface area contributed by atoms with E-state index in [4.69, 9.17) is 4.74 Å². The normalized spacial score (nSPS) is 10.1. The van der Waals surface area contributed by atoms with Gasteiger partial charge in [-0.2, -0.15) is 0 Å². The predicted molar refractivity (Wildman–Crippen MR) is 60.3 cm³/mol. The smallest absolute Gasteiger partial charge is 0.340 e. The lowest BCUT2D eigenvalue weighted by molar-refractivity contribution is 0.0505. The van der Waals surface area contributed by atoms with Gasteiger partial charge in [-0.3, -0.25) is 0 Å². The van der Waals surface area contributed by atoms with Gasteiger partial charge in [0.2, 0.25) is 0 Å². The standard InChI is InChI=1S/C8H8Br2O2S/c1-2-3-12-8(11)5-4-6(9)13-7(5)10/h4H,2-3H2,1H3. The van der Waals surface area contributed by atoms with Gasteiger partial charge < -0.3 is 4.74 Å². The number of rotatable bonds is 3. The zero-order valence-electron chi connectivity index (χ0n) is 6.97. The molecule has 0 saturated heterocycles. The van der Waals surface area contributed by atoms with Crippen molar-refractivity contribution in [3.05, 3.63) is 19.2 Å². The number of esters is 1. The van der Waals surface area contributed by atoms with Crippen LogP contribution < -0.4 is 0 Å². The summed E-state index contributed by atoms with van der Waals surface area (Å²) in [7, 11) is 0. The number of ether oxygens (including phenoxy) is 1. The minimum absolute atomic E-state index is 0.268. The molecule has 1 aromatic heterocycles. The summed E-state index contributed by atoms with van der Waals surface area (Å²) in [5.41, 5.74) is 0.588. The Kier molecular flexibility index (Phi) is 4.41. The first-order valence-electron chi connectivity index (χ1n) is 3.77. The molecule has 13 heavy (non-hydrogen) atoms. The monoisotopic (exact) mass is 326 g/mol. The lowest BCUT2D eigenvalue weighted by atomic mass is 10.3. The Morgan fingerprint density at radius 3 is 2.77 bits per heavy atom. The molecule has 5 heteroatoms. The quantitative estimate of drug-likeness (QED) is 0.788. The maximum Gasteiger partial charge on any atom is 0.340 e. The first kappa shape index (κ1) is 11.2. The number of carbonyl (C=O) groups is 1. The van der Waals surface area contributed by atoms with Crippen LogP contribution in [-0.2, 0) is 4.74 Å². The summed E-state index contributed by atoms with van der Waals surface area (Å²) >= 11 is 8.06. The Bertz CT molecular complexity index is 309. The summed E-state index contributed by atoms with van der Waals surface area (Å²) < 4.78 is 6.71. The molecule has 0 amide bonds. The molecule has 0 aliphatic rings. The molecule has 0 saturated carbocycles. The van der Waals surface area contributed by atoms with Crippen LogP contribution in [-0.4, -0.2) is 12.6 Å². The van der Waals surface area contributed by atoms with E-state index in [1.54, 1.807) is 6.07 Å². The van der Waals surface area contributed by atoms with Crippen LogP contribution in [0, 0.1) is 0 Å². The van der Waals surface area contributed by atoms with Gasteiger partial charge in [0.15, 0.2) is 0 Å². The number of halogens is 2. The third-order valence-electron chi connectivity index (χ3n) is 1.31. The molecule has 0 radical (unpaired) electrons. The van der Waals surface area contributed by atoms with Gasteiger partial charge in [-0.25, -0.2) is 4.79 Å². The highest BCUT2D eigenvalue weighted by molar-refractivity contribution is 9.12. The van der Waals surface area contributed by atoms with Gasteiger partial charge in [0.25, 0.3) is 0 Å². The summed E-state index contributed by atoms with van der Waals surface area (Å²) in [5, 5.41) is 0. The highest BCUT2D eigenvalue weighted by Crippen LogP contribution is 2.32. The molecule has 0 spiro atoms. The molecule has 0 aromatic carbocycles. The van der Waals surface area contributed by atoms with E-state index in [0.29, 0.717) is 12.2 Å². The first-order chi connectivity index (χ1) is 6.15. The van der Waals surface area contributed by atoms with Crippen LogP contribution in [0.4, 0.5) is 0 Å². The molecular weight excluding hydrogens is 320 g/mol. The van der Waals surface area contributed by atoms with Crippen LogP contribution in [0.5, 0.6) is 0 Å². The fraction of sp³-hybridized carbons (Fsp3) is 0.375. The summed E-state index contributed by atoms with van der Waals surface area (Å²) in [5.74, 6) is -0.268. The van der Waals surface area contributed by atoms with Crippen LogP contribution >= 0.6 is 43.2 Å². The summed E-state index contributed by atoms with van der Waals surface area (Å²) in [6.07, 6.45) is 0.842. The zero-order valence-corrected chi connectivity index (χ0v) is 11.0. The van der Waals surface area contributed by atoms with Crippen molar-refractivity contribution in [3.8, 4) is 0 Å². The average molecular weight is 328 g/mol. The second-order valence-corrected chi connectivity index (χ2v) is 6.12. The maximum absolute atomic E-state index is 11.4. The van der Waals surface area contributed by atoms with E-state index in [2.05, 4.69) is 31.9 Å². The van der Waals surface area contributed by atoms with E-state index in [1.807, 2.05) is 6.92 Å². The minimum atomic E-state index is -0.268. The Morgan fingerprint density at radius 1 is 1.62 bits per heavy atom. The molecule has 1 heterocycles. The molecule has 1 rings (SSSR count). The largest absolute Gasteiger partial charge is 0.462 e. The van der Waals surface area contributed by atoms with Gasteiger partial charge in [-0.05, 0) is 44.3 Å². The molecule has 0 unspecified atom stereocenters. The Labute approximate surface area is 97.5 Å². The van der Waals surface area contributed by atoms with E-state index in [9.17, 15) is 4.79 Å². The summed E-state index contributed by atoms with van der Waals surface area (Å²) in [6, 6.07) is 1.76. The summed E-state index contributed by atoms with van der Waals surface area (Å²) in [6.45, 7) is 2.44. The lowest BCUT2D eigenvalue weighted by Gasteiger charge is -2.00. The number of thiophene rings is 1. The fourth-order valence-electron chi connectivity index (χ4n) is 0.752. The molecule has 0 N–H and O–H groups in total. The molecule has 2 nitrogen and oxygen atoms in total. The van der Waals surface area contributed by atoms with Crippen molar-refractivity contribution in [2.24, 2.45) is 0 Å². The number of hydrogen-bond acceptors (Lipinski definition) is 3. The molecule has 0 atom stereocenters. The molecule has 0 aliphatic heterocycles. The van der Waals surface area contributed by atoms with Gasteiger partial charge in [-0.15, -0.1) is 11.3 Å². The van der Waals surface area contributed by atoms with Crippen molar-refractivity contribution in [1.82, 2.24) is 0 Å². The Balaban J connectivity index is 2.70. The number of hydrogen-bond donors (Lipinski definition) is 0. The lowest BCUT2D eigenvalue weighted by Crippen LogP contribution is -2.04. The zero-order chi connectivity index (χ0) is 9.84. The minimum Gasteiger partial charge on any atom is -0.462 e. The average Bonchev–Trinajstić information content (AvgIpc) is 2.41. The fourth-order valence-corrected chi connectivity index (χ4v) is 3.52. The third-order valence-corrected chi connectivity index (χ3v) is 3.65. The molecule has 72 valence electrons. The molecular formula is C8H8Br2O2S. The highest BCUT2D eigenvalue weighted by atomic mass is 79.9. The van der Waals surface area contributed by atoms with E-state index in [1.165, 1.54) is 11.3 Å². The third kappa shape index (κ3) is 3.07. The number of carbonyl (C=O) groups excluding carboxylic acids is 1. The van der Waals surface area contributed by atoms with E-state index >= 15 is 0 Å². The van der Waals surface area contributed by atoms with Crippen LogP contribution in [0.3, 0.4) is 0 Å². The van der Waals surface area contributed by atoms with Gasteiger partial charge in [0, 0.05) is 0 Å². The molecule has 0 bridgehead atoms. The van der Waals surface area contributed by atoms with E-state index < -0.39 is 0 Å². The van der Waals surface area contributed by atoms with Crippen LogP contribution in [0.25, 0.3) is 0 Å². The van der Waals surface area contributed by atoms with Gasteiger partial charge in [0.1, 0.15) is 0 Å². The first-order valence-corrected chi connectivity index (χ1v) is 6.17. The van der Waals surface area contributed by atoms with E-state index in [-0.39, 0.29) is 5.97 Å². The van der Waals surface area contributed by atoms with Crippen molar-refractivity contribution in [2.75, 3.05) is 6.61 Å². The Hall–Kier alpha value is 0.130. The predicted octanol–water partition coefficient (Wildman–Crippen LogP) is 3.84. The van der Waals surface area contributed by atoms with Crippen LogP contribution in [0.1, 0.15) is 23.7 Å². The van der Waals surface area contributed by atoms with Crippen LogP contribution in [0.15, 0.2) is 13.6 Å². The molecule has 1 aromatic rings. The van der Waals surface area contributed by atoms with Crippen molar-refractivity contribution < 1.29 is 9.53 Å². The Morgan fingerprint density at radius 2 is 2.31 bits per heavy atom. The van der Waals surface area contributed by atoms with Crippen molar-refractivity contribution in [3.63, 3.8) is 0 Å². The van der Waals surface area contributed by atoms with Crippen LogP contribution in [0.2, 0.25) is 0 Å². The van der Waals surface area contributed by atoms with Crippen molar-refractivity contribution in [1.29, 1.82) is 0 Å². The second-order valence-electron chi connectivity index (χ2n) is 2.37. The van der Waals surface area contributed by atoms with E-state index in [0.717, 1.165) is 14.0 Å². The second kappa shape index (κ2) is 5.12. The SMILES string of the molecule is CCCOC(=O)c1cc(Br)sc1Br. The molecule has 0 aliphatic carbocycles. The molecule has 0 fully saturated rings. The van der Waals surface area contributed by atoms with Gasteiger partial charge in [0.05, 0.1) is 19.7 Å². The van der Waals surface area contributed by atoms with Gasteiger partial charge in [-0.1, -0.05) is 6.92 Å². The van der Waals surface area contributed by atoms with Crippen molar-refractivity contribution in [2.45, 2.75) is 13.3 Å². The highest BCUT2D eigenvalue weighted by Gasteiger charge is 2.14. The summed E-state index contributed by atoms with van der Waals surface area (Å²) in [4.78, 5) is 11.4.